The van der Waals surface area contributed by atoms with E-state index in [1.807, 2.05) is 6.07 Å². The molecular weight excluding hydrogens is 352 g/mol. The highest BCUT2D eigenvalue weighted by Gasteiger charge is 2.23. The van der Waals surface area contributed by atoms with Gasteiger partial charge in [0.05, 0.1) is 5.69 Å². The molecule has 0 saturated carbocycles. The first-order valence-electron chi connectivity index (χ1n) is 8.20. The van der Waals surface area contributed by atoms with Crippen molar-refractivity contribution in [3.8, 4) is 22.9 Å². The summed E-state index contributed by atoms with van der Waals surface area (Å²) in [6.45, 7) is 6.17. The predicted molar refractivity (Wildman–Crippen MR) is 102 cm³/mol. The minimum Gasteiger partial charge on any atom is -0.504 e. The van der Waals surface area contributed by atoms with E-state index in [4.69, 9.17) is 16.0 Å². The second kappa shape index (κ2) is 5.61. The maximum absolute atomic E-state index is 12.8. The van der Waals surface area contributed by atoms with Crippen molar-refractivity contribution in [1.82, 2.24) is 9.78 Å². The van der Waals surface area contributed by atoms with E-state index < -0.39 is 0 Å². The van der Waals surface area contributed by atoms with Crippen LogP contribution in [0.3, 0.4) is 0 Å². The molecule has 2 aliphatic rings. The van der Waals surface area contributed by atoms with Crippen LogP contribution in [-0.4, -0.2) is 14.9 Å². The number of phenolic OH excluding ortho intramolecular Hbond substituents is 1. The Morgan fingerprint density at radius 3 is 2.62 bits per heavy atom. The van der Waals surface area contributed by atoms with Crippen LogP contribution in [0, 0.1) is 0 Å². The van der Waals surface area contributed by atoms with Gasteiger partial charge in [0.15, 0.2) is 11.3 Å². The summed E-state index contributed by atoms with van der Waals surface area (Å²) >= 11 is 6.01. The lowest BCUT2D eigenvalue weighted by atomic mass is 9.86. The smallest absolute Gasteiger partial charge is 0.284 e. The lowest BCUT2D eigenvalue weighted by Gasteiger charge is -2.19. The molecule has 132 valence electrons. The molecule has 0 bridgehead atoms. The number of aromatic nitrogens is 2. The molecule has 0 aliphatic carbocycles. The summed E-state index contributed by atoms with van der Waals surface area (Å²) in [7, 11) is 0. The molecule has 6 heteroatoms. The van der Waals surface area contributed by atoms with E-state index in [1.165, 1.54) is 4.68 Å². The van der Waals surface area contributed by atoms with Gasteiger partial charge in [-0.15, -0.1) is 5.10 Å². The molecule has 2 aliphatic heterocycles. The van der Waals surface area contributed by atoms with E-state index in [9.17, 15) is 9.90 Å². The van der Waals surface area contributed by atoms with Gasteiger partial charge in [0.1, 0.15) is 5.56 Å². The zero-order chi connectivity index (χ0) is 18.6. The molecule has 26 heavy (non-hydrogen) atoms. The SMILES string of the molecule is CC(C)(C)c1cc(O)c2oc3nn(-c4cccc(Cl)c4)c(=O)c-3cc2c1. The molecule has 2 aromatic rings. The Balaban J connectivity index is 2.00. The highest BCUT2D eigenvalue weighted by molar-refractivity contribution is 6.30. The number of hydrogen-bond donors (Lipinski definition) is 1. The van der Waals surface area contributed by atoms with Crippen LogP contribution in [0.15, 0.2) is 51.7 Å². The quantitative estimate of drug-likeness (QED) is 0.527. The van der Waals surface area contributed by atoms with Gasteiger partial charge in [-0.2, -0.15) is 4.68 Å². The summed E-state index contributed by atoms with van der Waals surface area (Å²) in [6.07, 6.45) is 0. The van der Waals surface area contributed by atoms with Gasteiger partial charge in [-0.3, -0.25) is 4.79 Å². The van der Waals surface area contributed by atoms with Gasteiger partial charge in [0.2, 0.25) is 5.89 Å². The Morgan fingerprint density at radius 1 is 1.15 bits per heavy atom. The third-order valence-electron chi connectivity index (χ3n) is 4.36. The fraction of sp³-hybridized carbons (Fsp3) is 0.200. The Bertz CT molecular complexity index is 1170. The van der Waals surface area contributed by atoms with Crippen LogP contribution in [0.2, 0.25) is 5.02 Å². The standard InChI is InChI=1S/C20H17ClN2O3/c1-20(2,3)12-7-11-8-15-18(26-17(11)16(24)9-12)22-23(19(15)25)14-6-4-5-13(21)10-14/h4-10,24H,1-3H3. The monoisotopic (exact) mass is 368 g/mol. The van der Waals surface area contributed by atoms with Crippen molar-refractivity contribution in [3.05, 3.63) is 63.4 Å². The van der Waals surface area contributed by atoms with E-state index in [0.29, 0.717) is 27.2 Å². The summed E-state index contributed by atoms with van der Waals surface area (Å²) in [5, 5.41) is 15.8. The zero-order valence-corrected chi connectivity index (χ0v) is 15.3. The topological polar surface area (TPSA) is 68.3 Å². The summed E-state index contributed by atoms with van der Waals surface area (Å²) < 4.78 is 6.99. The zero-order valence-electron chi connectivity index (χ0n) is 14.6. The first-order chi connectivity index (χ1) is 12.2. The van der Waals surface area contributed by atoms with Crippen LogP contribution >= 0.6 is 11.6 Å². The summed E-state index contributed by atoms with van der Waals surface area (Å²) in [4.78, 5) is 12.8. The Hall–Kier alpha value is -2.79. The molecule has 2 aromatic carbocycles. The van der Waals surface area contributed by atoms with Crippen molar-refractivity contribution in [2.45, 2.75) is 26.2 Å². The minimum absolute atomic E-state index is 0.0269. The molecule has 0 fully saturated rings. The van der Waals surface area contributed by atoms with E-state index in [1.54, 1.807) is 36.4 Å². The van der Waals surface area contributed by atoms with Crippen molar-refractivity contribution < 1.29 is 9.52 Å². The van der Waals surface area contributed by atoms with Crippen molar-refractivity contribution in [1.29, 1.82) is 0 Å². The Labute approximate surface area is 154 Å². The average Bonchev–Trinajstić information content (AvgIpc) is 2.89. The normalized spacial score (nSPS) is 12.2. The summed E-state index contributed by atoms with van der Waals surface area (Å²) in [5.41, 5.74) is 1.72. The highest BCUT2D eigenvalue weighted by atomic mass is 35.5. The molecule has 5 nitrogen and oxygen atoms in total. The number of halogens is 1. The molecule has 0 amide bonds. The van der Waals surface area contributed by atoms with Gasteiger partial charge in [0, 0.05) is 10.4 Å². The number of rotatable bonds is 1. The Kier molecular flexibility index (Phi) is 3.59. The van der Waals surface area contributed by atoms with E-state index in [0.717, 1.165) is 5.56 Å². The molecule has 0 aromatic heterocycles. The lowest BCUT2D eigenvalue weighted by molar-refractivity contribution is 0.459. The third kappa shape index (κ3) is 2.65. The minimum atomic E-state index is -0.298. The maximum atomic E-state index is 12.8. The Morgan fingerprint density at radius 2 is 1.92 bits per heavy atom. The van der Waals surface area contributed by atoms with Crippen LogP contribution in [-0.2, 0) is 5.41 Å². The third-order valence-corrected chi connectivity index (χ3v) is 4.59. The lowest BCUT2D eigenvalue weighted by Crippen LogP contribution is -2.14. The first kappa shape index (κ1) is 16.7. The van der Waals surface area contributed by atoms with Crippen molar-refractivity contribution >= 4 is 22.6 Å². The van der Waals surface area contributed by atoms with Gasteiger partial charge in [0.25, 0.3) is 5.56 Å². The van der Waals surface area contributed by atoms with Gasteiger partial charge in [-0.05, 0) is 47.4 Å². The molecule has 0 unspecified atom stereocenters. The van der Waals surface area contributed by atoms with Gasteiger partial charge < -0.3 is 9.52 Å². The van der Waals surface area contributed by atoms with E-state index in [2.05, 4.69) is 25.9 Å². The van der Waals surface area contributed by atoms with Crippen LogP contribution in [0.25, 0.3) is 28.1 Å². The molecule has 0 atom stereocenters. The van der Waals surface area contributed by atoms with Gasteiger partial charge in [-0.25, -0.2) is 0 Å². The molecule has 1 N–H and O–H groups in total. The largest absolute Gasteiger partial charge is 0.504 e. The van der Waals surface area contributed by atoms with Crippen LogP contribution in [0.1, 0.15) is 26.3 Å². The van der Waals surface area contributed by atoms with Gasteiger partial charge >= 0.3 is 0 Å². The summed E-state index contributed by atoms with van der Waals surface area (Å²) in [5.74, 6) is 0.195. The first-order valence-corrected chi connectivity index (χ1v) is 8.58. The molecule has 0 spiro atoms. The van der Waals surface area contributed by atoms with E-state index >= 15 is 0 Å². The van der Waals surface area contributed by atoms with Crippen molar-refractivity contribution in [2.75, 3.05) is 0 Å². The second-order valence-corrected chi connectivity index (χ2v) is 7.76. The fourth-order valence-electron chi connectivity index (χ4n) is 2.92. The van der Waals surface area contributed by atoms with Crippen molar-refractivity contribution in [2.24, 2.45) is 0 Å². The van der Waals surface area contributed by atoms with Crippen LogP contribution < -0.4 is 5.56 Å². The number of aromatic hydroxyl groups is 1. The maximum Gasteiger partial charge on any atom is 0.284 e. The van der Waals surface area contributed by atoms with Gasteiger partial charge in [-0.1, -0.05) is 38.4 Å². The number of nitrogens with zero attached hydrogens (tertiary/aromatic N) is 2. The molecule has 0 saturated heterocycles. The predicted octanol–water partition coefficient (Wildman–Crippen LogP) is 4.74. The average molecular weight is 369 g/mol. The molecule has 2 heterocycles. The fourth-order valence-corrected chi connectivity index (χ4v) is 3.10. The summed E-state index contributed by atoms with van der Waals surface area (Å²) in [6, 6.07) is 12.2. The highest BCUT2D eigenvalue weighted by Crippen LogP contribution is 2.35. The molecule has 4 rings (SSSR count). The number of fused-ring (bicyclic) bond motifs is 2. The van der Waals surface area contributed by atoms with Crippen molar-refractivity contribution in [3.63, 3.8) is 0 Å². The number of phenols is 1. The number of benzene rings is 2. The van der Waals surface area contributed by atoms with E-state index in [-0.39, 0.29) is 22.6 Å². The second-order valence-electron chi connectivity index (χ2n) is 7.33. The van der Waals surface area contributed by atoms with Crippen LogP contribution in [0.4, 0.5) is 0 Å². The molecular formula is C20H17ClN2O3. The van der Waals surface area contributed by atoms with Crippen LogP contribution in [0.5, 0.6) is 5.75 Å². The number of hydrogen-bond acceptors (Lipinski definition) is 4. The molecule has 0 radical (unpaired) electrons.